The molecule has 0 aromatic heterocycles. The van der Waals surface area contributed by atoms with Gasteiger partial charge in [0.1, 0.15) is 0 Å². The number of hydrogen-bond acceptors (Lipinski definition) is 2. The van der Waals surface area contributed by atoms with Gasteiger partial charge in [0.05, 0.1) is 11.6 Å². The minimum atomic E-state index is -0.963. The van der Waals surface area contributed by atoms with Crippen molar-refractivity contribution in [1.29, 1.82) is 0 Å². The van der Waals surface area contributed by atoms with Gasteiger partial charge in [0.2, 0.25) is 5.91 Å². The van der Waals surface area contributed by atoms with Gasteiger partial charge in [-0.25, -0.2) is 4.79 Å². The fourth-order valence-corrected chi connectivity index (χ4v) is 2.76. The van der Waals surface area contributed by atoms with E-state index in [1.807, 2.05) is 19.1 Å². The number of carbonyl (C=O) groups excluding carboxylic acids is 1. The van der Waals surface area contributed by atoms with Crippen LogP contribution in [0.4, 0.5) is 0 Å². The zero-order valence-electron chi connectivity index (χ0n) is 15.0. The second-order valence-corrected chi connectivity index (χ2v) is 6.57. The van der Waals surface area contributed by atoms with Gasteiger partial charge < -0.3 is 10.4 Å². The summed E-state index contributed by atoms with van der Waals surface area (Å²) < 4.78 is 0. The number of hydrogen-bond donors (Lipinski definition) is 2. The average molecular weight is 339 g/mol. The molecule has 2 rings (SSSR count). The maximum atomic E-state index is 12.2. The van der Waals surface area contributed by atoms with E-state index in [1.54, 1.807) is 24.3 Å². The lowest BCUT2D eigenvalue weighted by Crippen LogP contribution is -2.27. The Morgan fingerprint density at radius 1 is 0.960 bits per heavy atom. The van der Waals surface area contributed by atoms with Crippen LogP contribution < -0.4 is 5.32 Å². The summed E-state index contributed by atoms with van der Waals surface area (Å²) in [5.74, 6) is -0.566. The van der Waals surface area contributed by atoms with E-state index in [2.05, 4.69) is 31.3 Å². The molecule has 2 aromatic rings. The molecule has 0 heterocycles. The van der Waals surface area contributed by atoms with Gasteiger partial charge in [-0.05, 0) is 42.0 Å². The first-order valence-corrected chi connectivity index (χ1v) is 8.59. The molecule has 2 N–H and O–H groups in total. The number of aromatic carboxylic acids is 1. The van der Waals surface area contributed by atoms with Crippen LogP contribution in [0.15, 0.2) is 48.5 Å². The van der Waals surface area contributed by atoms with Crippen molar-refractivity contribution in [3.63, 3.8) is 0 Å². The number of benzene rings is 2. The molecule has 1 amide bonds. The van der Waals surface area contributed by atoms with Crippen molar-refractivity contribution in [2.45, 2.75) is 45.6 Å². The summed E-state index contributed by atoms with van der Waals surface area (Å²) in [5.41, 5.74) is 3.27. The third kappa shape index (κ3) is 5.18. The predicted octanol–water partition coefficient (Wildman–Crippen LogP) is 4.32. The molecule has 4 nitrogen and oxygen atoms in total. The van der Waals surface area contributed by atoms with Gasteiger partial charge in [-0.15, -0.1) is 0 Å². The van der Waals surface area contributed by atoms with Gasteiger partial charge in [0.25, 0.3) is 0 Å². The second-order valence-electron chi connectivity index (χ2n) is 6.57. The molecule has 0 aliphatic rings. The van der Waals surface area contributed by atoms with Crippen LogP contribution in [0.2, 0.25) is 0 Å². The average Bonchev–Trinajstić information content (AvgIpc) is 2.60. The third-order valence-electron chi connectivity index (χ3n) is 4.35. The highest BCUT2D eigenvalue weighted by Gasteiger charge is 2.13. The Balaban J connectivity index is 1.93. The first-order valence-electron chi connectivity index (χ1n) is 8.59. The minimum absolute atomic E-state index is 0.0802. The van der Waals surface area contributed by atoms with Crippen LogP contribution in [-0.4, -0.2) is 17.0 Å². The monoisotopic (exact) mass is 339 g/mol. The topological polar surface area (TPSA) is 66.4 Å². The van der Waals surface area contributed by atoms with Crippen molar-refractivity contribution in [2.75, 3.05) is 0 Å². The highest BCUT2D eigenvalue weighted by molar-refractivity contribution is 5.89. The molecule has 132 valence electrons. The molecule has 0 aliphatic heterocycles. The lowest BCUT2D eigenvalue weighted by Gasteiger charge is -2.16. The molecule has 0 bridgehead atoms. The molecule has 1 atom stereocenters. The Morgan fingerprint density at radius 2 is 1.56 bits per heavy atom. The third-order valence-corrected chi connectivity index (χ3v) is 4.35. The first-order chi connectivity index (χ1) is 11.9. The van der Waals surface area contributed by atoms with E-state index in [1.165, 1.54) is 5.56 Å². The second kappa shape index (κ2) is 8.47. The van der Waals surface area contributed by atoms with Crippen molar-refractivity contribution in [3.8, 4) is 0 Å². The molecule has 0 aliphatic carbocycles. The van der Waals surface area contributed by atoms with Crippen LogP contribution in [0.1, 0.15) is 66.2 Å². The molecule has 2 aromatic carbocycles. The van der Waals surface area contributed by atoms with E-state index >= 15 is 0 Å². The Morgan fingerprint density at radius 3 is 2.16 bits per heavy atom. The molecule has 0 spiro atoms. The summed E-state index contributed by atoms with van der Waals surface area (Å²) >= 11 is 0. The molecule has 0 saturated carbocycles. The van der Waals surface area contributed by atoms with Crippen LogP contribution >= 0.6 is 0 Å². The Hall–Kier alpha value is -2.62. The summed E-state index contributed by atoms with van der Waals surface area (Å²) in [5, 5.41) is 12.2. The number of carboxylic acids is 1. The van der Waals surface area contributed by atoms with Gasteiger partial charge in [-0.1, -0.05) is 56.3 Å². The Bertz CT molecular complexity index is 735. The maximum absolute atomic E-state index is 12.2. The molecule has 25 heavy (non-hydrogen) atoms. The quantitative estimate of drug-likeness (QED) is 0.789. The summed E-state index contributed by atoms with van der Waals surface area (Å²) in [6.45, 7) is 6.25. The van der Waals surface area contributed by atoms with E-state index in [9.17, 15) is 14.7 Å². The molecule has 0 saturated heterocycles. The minimum Gasteiger partial charge on any atom is -0.478 e. The van der Waals surface area contributed by atoms with Gasteiger partial charge in [-0.2, -0.15) is 0 Å². The fourth-order valence-electron chi connectivity index (χ4n) is 2.76. The van der Waals surface area contributed by atoms with E-state index in [0.717, 1.165) is 5.56 Å². The van der Waals surface area contributed by atoms with E-state index < -0.39 is 5.97 Å². The normalized spacial score (nSPS) is 12.0. The molecule has 0 fully saturated rings. The molecule has 1 unspecified atom stereocenters. The number of aryl methyl sites for hydroxylation is 1. The summed E-state index contributed by atoms with van der Waals surface area (Å²) in [4.78, 5) is 23.4. The van der Waals surface area contributed by atoms with Crippen molar-refractivity contribution < 1.29 is 14.7 Å². The van der Waals surface area contributed by atoms with Crippen LogP contribution in [0.5, 0.6) is 0 Å². The van der Waals surface area contributed by atoms with Crippen LogP contribution in [-0.2, 0) is 11.2 Å². The number of carbonyl (C=O) groups is 2. The van der Waals surface area contributed by atoms with Crippen LogP contribution in [0, 0.1) is 0 Å². The van der Waals surface area contributed by atoms with E-state index in [4.69, 9.17) is 0 Å². The number of amides is 1. The zero-order chi connectivity index (χ0) is 18.4. The van der Waals surface area contributed by atoms with Crippen LogP contribution in [0.25, 0.3) is 0 Å². The summed E-state index contributed by atoms with van der Waals surface area (Å²) in [7, 11) is 0. The van der Waals surface area contributed by atoms with Crippen molar-refractivity contribution in [1.82, 2.24) is 5.32 Å². The summed E-state index contributed by atoms with van der Waals surface area (Å²) in [6, 6.07) is 15.0. The van der Waals surface area contributed by atoms with Gasteiger partial charge in [0.15, 0.2) is 0 Å². The lowest BCUT2D eigenvalue weighted by atomic mass is 9.99. The molecular formula is C21H25NO3. The van der Waals surface area contributed by atoms with E-state index in [0.29, 0.717) is 17.9 Å². The Kier molecular flexibility index (Phi) is 6.34. The molecule has 0 radical (unpaired) electrons. The van der Waals surface area contributed by atoms with Crippen molar-refractivity contribution in [2.24, 2.45) is 0 Å². The standard InChI is InChI=1S/C21H25NO3/c1-14(2)16-8-10-17(11-9-16)15(3)22-20(23)13-12-18-6-4-5-7-19(18)21(24)25/h4-11,14-15H,12-13H2,1-3H3,(H,22,23)(H,24,25). The first kappa shape index (κ1) is 18.7. The lowest BCUT2D eigenvalue weighted by molar-refractivity contribution is -0.121. The molecular weight excluding hydrogens is 314 g/mol. The van der Waals surface area contributed by atoms with Crippen molar-refractivity contribution >= 4 is 11.9 Å². The highest BCUT2D eigenvalue weighted by Crippen LogP contribution is 2.19. The number of nitrogens with one attached hydrogen (secondary N) is 1. The van der Waals surface area contributed by atoms with Crippen molar-refractivity contribution in [3.05, 3.63) is 70.8 Å². The zero-order valence-corrected chi connectivity index (χ0v) is 15.0. The fraction of sp³-hybridized carbons (Fsp3) is 0.333. The van der Waals surface area contributed by atoms with Gasteiger partial charge in [0, 0.05) is 6.42 Å². The maximum Gasteiger partial charge on any atom is 0.335 e. The van der Waals surface area contributed by atoms with Gasteiger partial charge >= 0.3 is 5.97 Å². The largest absolute Gasteiger partial charge is 0.478 e. The molecule has 4 heteroatoms. The number of carboxylic acid groups (broad SMARTS) is 1. The van der Waals surface area contributed by atoms with Gasteiger partial charge in [-0.3, -0.25) is 4.79 Å². The predicted molar refractivity (Wildman–Crippen MR) is 98.8 cm³/mol. The smallest absolute Gasteiger partial charge is 0.335 e. The van der Waals surface area contributed by atoms with Crippen LogP contribution in [0.3, 0.4) is 0 Å². The highest BCUT2D eigenvalue weighted by atomic mass is 16.4. The Labute approximate surface area is 148 Å². The SMILES string of the molecule is CC(C)c1ccc(C(C)NC(=O)CCc2ccccc2C(=O)O)cc1. The summed E-state index contributed by atoms with van der Waals surface area (Å²) in [6.07, 6.45) is 0.673. The number of rotatable bonds is 7. The van der Waals surface area contributed by atoms with E-state index in [-0.39, 0.29) is 23.9 Å².